The van der Waals surface area contributed by atoms with E-state index in [-0.39, 0.29) is 5.82 Å². The largest absolute Gasteiger partial charge is 0.207 e. The van der Waals surface area contributed by atoms with Gasteiger partial charge >= 0.3 is 0 Å². The van der Waals surface area contributed by atoms with Gasteiger partial charge in [-0.2, -0.15) is 0 Å². The van der Waals surface area contributed by atoms with E-state index in [2.05, 4.69) is 25.1 Å². The predicted octanol–water partition coefficient (Wildman–Crippen LogP) is 5.09. The van der Waals surface area contributed by atoms with Crippen LogP contribution in [0.3, 0.4) is 0 Å². The summed E-state index contributed by atoms with van der Waals surface area (Å²) in [4.78, 5) is 0. The van der Waals surface area contributed by atoms with Crippen LogP contribution in [0.4, 0.5) is 4.39 Å². The van der Waals surface area contributed by atoms with E-state index >= 15 is 0 Å². The first-order valence-corrected chi connectivity index (χ1v) is 7.60. The van der Waals surface area contributed by atoms with Gasteiger partial charge in [-0.25, -0.2) is 4.39 Å². The fourth-order valence-electron chi connectivity index (χ4n) is 2.42. The minimum Gasteiger partial charge on any atom is -0.207 e. The van der Waals surface area contributed by atoms with E-state index in [4.69, 9.17) is 23.2 Å². The van der Waals surface area contributed by atoms with Crippen LogP contribution in [-0.2, 0) is 11.8 Å². The molecule has 0 saturated carbocycles. The molecule has 0 heterocycles. The van der Waals surface area contributed by atoms with Crippen molar-refractivity contribution in [3.63, 3.8) is 0 Å². The summed E-state index contributed by atoms with van der Waals surface area (Å²) in [5, 5.41) is 0. The van der Waals surface area contributed by atoms with Crippen LogP contribution in [0.15, 0.2) is 48.5 Å². The Balaban J connectivity index is 2.39. The van der Waals surface area contributed by atoms with E-state index in [1.165, 1.54) is 17.7 Å². The Hall–Kier alpha value is -1.05. The number of rotatable bonds is 5. The Labute approximate surface area is 129 Å². The number of alkyl halides is 2. The molecule has 0 aliphatic rings. The highest BCUT2D eigenvalue weighted by atomic mass is 35.5. The average molecular weight is 311 g/mol. The number of aryl methyl sites for hydroxylation is 1. The van der Waals surface area contributed by atoms with E-state index in [1.54, 1.807) is 6.07 Å². The molecule has 0 aliphatic heterocycles. The van der Waals surface area contributed by atoms with Gasteiger partial charge in [-0.15, -0.1) is 23.2 Å². The van der Waals surface area contributed by atoms with Crippen molar-refractivity contribution >= 4 is 23.2 Å². The van der Waals surface area contributed by atoms with Gasteiger partial charge in [-0.05, 0) is 36.6 Å². The molecule has 0 nitrogen and oxygen atoms in total. The van der Waals surface area contributed by atoms with Crippen molar-refractivity contribution in [1.29, 1.82) is 0 Å². The summed E-state index contributed by atoms with van der Waals surface area (Å²) >= 11 is 12.4. The number of hydrogen-bond acceptors (Lipinski definition) is 0. The highest BCUT2D eigenvalue weighted by Gasteiger charge is 2.31. The van der Waals surface area contributed by atoms with Crippen LogP contribution in [0.25, 0.3) is 0 Å². The summed E-state index contributed by atoms with van der Waals surface area (Å²) in [6.07, 6.45) is 0.700. The molecule has 106 valence electrons. The van der Waals surface area contributed by atoms with Crippen LogP contribution in [0, 0.1) is 12.7 Å². The van der Waals surface area contributed by atoms with Gasteiger partial charge in [-0.3, -0.25) is 0 Å². The molecular formula is C17H17Cl2F. The van der Waals surface area contributed by atoms with Gasteiger partial charge in [0.1, 0.15) is 5.82 Å². The molecule has 0 saturated heterocycles. The lowest BCUT2D eigenvalue weighted by Gasteiger charge is -2.30. The third kappa shape index (κ3) is 3.34. The average Bonchev–Trinajstić information content (AvgIpc) is 2.45. The third-order valence-electron chi connectivity index (χ3n) is 3.57. The molecule has 0 aromatic heterocycles. The van der Waals surface area contributed by atoms with Crippen LogP contribution in [0.1, 0.15) is 16.7 Å². The van der Waals surface area contributed by atoms with Gasteiger partial charge < -0.3 is 0 Å². The molecule has 0 fully saturated rings. The van der Waals surface area contributed by atoms with Crippen LogP contribution < -0.4 is 0 Å². The van der Waals surface area contributed by atoms with Gasteiger partial charge in [0.2, 0.25) is 0 Å². The third-order valence-corrected chi connectivity index (χ3v) is 4.60. The van der Waals surface area contributed by atoms with Crippen LogP contribution in [0.2, 0.25) is 0 Å². The monoisotopic (exact) mass is 310 g/mol. The molecule has 2 aromatic carbocycles. The molecule has 0 radical (unpaired) electrons. The van der Waals surface area contributed by atoms with E-state index in [0.29, 0.717) is 18.2 Å². The van der Waals surface area contributed by atoms with Crippen molar-refractivity contribution in [2.24, 2.45) is 0 Å². The molecule has 0 aliphatic carbocycles. The molecule has 0 spiro atoms. The van der Waals surface area contributed by atoms with Crippen LogP contribution in [-0.4, -0.2) is 11.8 Å². The van der Waals surface area contributed by atoms with Gasteiger partial charge in [0.15, 0.2) is 0 Å². The van der Waals surface area contributed by atoms with E-state index in [0.717, 1.165) is 11.1 Å². The van der Waals surface area contributed by atoms with Gasteiger partial charge in [-0.1, -0.05) is 42.0 Å². The second kappa shape index (κ2) is 6.60. The summed E-state index contributed by atoms with van der Waals surface area (Å²) in [6.45, 7) is 2.05. The van der Waals surface area contributed by atoms with Crippen LogP contribution in [0.5, 0.6) is 0 Å². The van der Waals surface area contributed by atoms with E-state index in [9.17, 15) is 4.39 Å². The molecule has 0 unspecified atom stereocenters. The summed E-state index contributed by atoms with van der Waals surface area (Å²) in [5.41, 5.74) is 2.76. The highest BCUT2D eigenvalue weighted by molar-refractivity contribution is 6.22. The van der Waals surface area contributed by atoms with Crippen molar-refractivity contribution < 1.29 is 4.39 Å². The quantitative estimate of drug-likeness (QED) is 0.675. The van der Waals surface area contributed by atoms with Crippen molar-refractivity contribution in [3.05, 3.63) is 71.0 Å². The molecule has 2 rings (SSSR count). The molecule has 0 bridgehead atoms. The second-order valence-corrected chi connectivity index (χ2v) is 5.76. The number of hydrogen-bond donors (Lipinski definition) is 0. The van der Waals surface area contributed by atoms with E-state index in [1.807, 2.05) is 12.1 Å². The fraction of sp³-hybridized carbons (Fsp3) is 0.294. The first kappa shape index (κ1) is 15.3. The van der Waals surface area contributed by atoms with Crippen LogP contribution >= 0.6 is 23.2 Å². The summed E-state index contributed by atoms with van der Waals surface area (Å²) in [5.74, 6) is 0.452. The lowest BCUT2D eigenvalue weighted by molar-refractivity contribution is 0.528. The molecule has 0 N–H and O–H groups in total. The first-order chi connectivity index (χ1) is 9.59. The zero-order chi connectivity index (χ0) is 14.6. The van der Waals surface area contributed by atoms with Crippen molar-refractivity contribution in [3.8, 4) is 0 Å². The highest BCUT2D eigenvalue weighted by Crippen LogP contribution is 2.32. The Morgan fingerprint density at radius 3 is 2.30 bits per heavy atom. The molecule has 0 amide bonds. The first-order valence-electron chi connectivity index (χ1n) is 6.53. The Morgan fingerprint density at radius 2 is 1.70 bits per heavy atom. The fourth-order valence-corrected chi connectivity index (χ4v) is 3.20. The summed E-state index contributed by atoms with van der Waals surface area (Å²) in [7, 11) is 0. The maximum atomic E-state index is 13.5. The van der Waals surface area contributed by atoms with Gasteiger partial charge in [0.05, 0.1) is 0 Å². The SMILES string of the molecule is Cc1cccc(CC(CCl)(CCl)c2cccc(F)c2)c1. The molecular weight excluding hydrogens is 294 g/mol. The van der Waals surface area contributed by atoms with Gasteiger partial charge in [0, 0.05) is 17.2 Å². The number of halogens is 3. The standard InChI is InChI=1S/C17H17Cl2F/c1-13-4-2-5-14(8-13)10-17(11-18,12-19)15-6-3-7-16(20)9-15/h2-9H,10-12H2,1H3. The minimum absolute atomic E-state index is 0.258. The maximum Gasteiger partial charge on any atom is 0.123 e. The number of benzene rings is 2. The minimum atomic E-state index is -0.445. The normalized spacial score (nSPS) is 11.6. The van der Waals surface area contributed by atoms with E-state index < -0.39 is 5.41 Å². The summed E-state index contributed by atoms with van der Waals surface area (Å²) in [6, 6.07) is 14.8. The molecule has 2 aromatic rings. The Bertz CT molecular complexity index is 577. The predicted molar refractivity (Wildman–Crippen MR) is 84.4 cm³/mol. The smallest absolute Gasteiger partial charge is 0.123 e. The van der Waals surface area contributed by atoms with Gasteiger partial charge in [0.25, 0.3) is 0 Å². The van der Waals surface area contributed by atoms with Crippen molar-refractivity contribution in [2.45, 2.75) is 18.8 Å². The molecule has 0 atom stereocenters. The maximum absolute atomic E-state index is 13.5. The summed E-state index contributed by atoms with van der Waals surface area (Å²) < 4.78 is 13.5. The zero-order valence-corrected chi connectivity index (χ0v) is 12.9. The molecule has 3 heteroatoms. The Morgan fingerprint density at radius 1 is 1.00 bits per heavy atom. The zero-order valence-electron chi connectivity index (χ0n) is 11.4. The lowest BCUT2D eigenvalue weighted by Crippen LogP contribution is -2.33. The second-order valence-electron chi connectivity index (χ2n) is 5.22. The van der Waals surface area contributed by atoms with Crippen molar-refractivity contribution in [1.82, 2.24) is 0 Å². The topological polar surface area (TPSA) is 0 Å². The lowest BCUT2D eigenvalue weighted by atomic mass is 9.78. The van der Waals surface area contributed by atoms with Crippen molar-refractivity contribution in [2.75, 3.05) is 11.8 Å². The Kier molecular flexibility index (Phi) is 5.06. The molecule has 20 heavy (non-hydrogen) atoms.